The second-order valence-electron chi connectivity index (χ2n) is 3.24. The minimum Gasteiger partial charge on any atom is -0.389 e. The number of nitrogens with zero attached hydrogens (tertiary/aromatic N) is 3. The van der Waals surface area contributed by atoms with Crippen molar-refractivity contribution in [3.8, 4) is 0 Å². The number of pyridine rings is 1. The topological polar surface area (TPSA) is 58.9 Å². The first-order valence-corrected chi connectivity index (χ1v) is 5.66. The maximum atomic E-state index is 9.33. The van der Waals surface area contributed by atoms with E-state index in [0.717, 1.165) is 10.6 Å². The first kappa shape index (κ1) is 11.0. The van der Waals surface area contributed by atoms with Crippen LogP contribution < -0.4 is 0 Å². The summed E-state index contributed by atoms with van der Waals surface area (Å²) in [6.45, 7) is 1.71. The third-order valence-electron chi connectivity index (χ3n) is 1.98. The van der Waals surface area contributed by atoms with Crippen LogP contribution in [0.5, 0.6) is 0 Å². The van der Waals surface area contributed by atoms with Crippen LogP contribution in [0.25, 0.3) is 0 Å². The summed E-state index contributed by atoms with van der Waals surface area (Å²) in [7, 11) is 0. The fourth-order valence-electron chi connectivity index (χ4n) is 1.13. The summed E-state index contributed by atoms with van der Waals surface area (Å²) in [5.41, 5.74) is 0.804. The Morgan fingerprint density at radius 2 is 1.94 bits per heavy atom. The summed E-state index contributed by atoms with van der Waals surface area (Å²) >= 11 is 1.39. The Kier molecular flexibility index (Phi) is 3.48. The molecule has 5 heteroatoms. The quantitative estimate of drug-likeness (QED) is 0.822. The van der Waals surface area contributed by atoms with E-state index in [0.29, 0.717) is 5.16 Å². The highest BCUT2D eigenvalue weighted by Gasteiger charge is 2.03. The predicted molar refractivity (Wildman–Crippen MR) is 61.0 cm³/mol. The molecule has 0 saturated carbocycles. The van der Waals surface area contributed by atoms with Gasteiger partial charge in [-0.3, -0.25) is 0 Å². The minimum absolute atomic E-state index is 0.487. The molecule has 2 heterocycles. The zero-order valence-corrected chi connectivity index (χ0v) is 9.56. The number of aliphatic hydroxyl groups is 1. The van der Waals surface area contributed by atoms with E-state index in [4.69, 9.17) is 0 Å². The summed E-state index contributed by atoms with van der Waals surface area (Å²) in [6.07, 6.45) is 4.56. The molecule has 0 bridgehead atoms. The molecule has 2 aromatic heterocycles. The Hall–Kier alpha value is -1.46. The van der Waals surface area contributed by atoms with Crippen molar-refractivity contribution in [3.63, 3.8) is 0 Å². The molecule has 0 aliphatic rings. The van der Waals surface area contributed by atoms with Gasteiger partial charge in [0.1, 0.15) is 5.03 Å². The second kappa shape index (κ2) is 5.05. The largest absolute Gasteiger partial charge is 0.389 e. The van der Waals surface area contributed by atoms with Gasteiger partial charge in [0.15, 0.2) is 5.16 Å². The zero-order valence-electron chi connectivity index (χ0n) is 8.74. The van der Waals surface area contributed by atoms with Crippen molar-refractivity contribution in [1.82, 2.24) is 15.0 Å². The molecule has 1 atom stereocenters. The van der Waals surface area contributed by atoms with Gasteiger partial charge in [-0.25, -0.2) is 15.0 Å². The van der Waals surface area contributed by atoms with Gasteiger partial charge in [-0.1, -0.05) is 6.07 Å². The van der Waals surface area contributed by atoms with Crippen molar-refractivity contribution in [2.24, 2.45) is 0 Å². The Bertz CT molecular complexity index is 445. The third-order valence-corrected chi connectivity index (χ3v) is 2.82. The summed E-state index contributed by atoms with van der Waals surface area (Å²) in [4.78, 5) is 12.4. The van der Waals surface area contributed by atoms with Crippen LogP contribution in [0.2, 0.25) is 0 Å². The van der Waals surface area contributed by atoms with E-state index in [1.807, 2.05) is 12.1 Å². The summed E-state index contributed by atoms with van der Waals surface area (Å²) < 4.78 is 0. The molecule has 0 amide bonds. The second-order valence-corrected chi connectivity index (χ2v) is 4.23. The SMILES string of the molecule is C[C@@H](O)c1ccc(Sc2ncccn2)nc1. The fraction of sp³-hybridized carbons (Fsp3) is 0.182. The normalized spacial score (nSPS) is 12.4. The van der Waals surface area contributed by atoms with Crippen LogP contribution in [0.4, 0.5) is 0 Å². The molecule has 0 fully saturated rings. The van der Waals surface area contributed by atoms with Gasteiger partial charge in [0.2, 0.25) is 0 Å². The van der Waals surface area contributed by atoms with Crippen molar-refractivity contribution in [3.05, 3.63) is 42.4 Å². The summed E-state index contributed by atoms with van der Waals surface area (Å²) in [5, 5.41) is 10.8. The fourth-order valence-corrected chi connectivity index (χ4v) is 1.79. The minimum atomic E-state index is -0.487. The van der Waals surface area contributed by atoms with Gasteiger partial charge in [-0.15, -0.1) is 0 Å². The lowest BCUT2D eigenvalue weighted by Gasteiger charge is -2.04. The van der Waals surface area contributed by atoms with Crippen LogP contribution in [0.15, 0.2) is 47.0 Å². The van der Waals surface area contributed by atoms with Gasteiger partial charge >= 0.3 is 0 Å². The number of aromatic nitrogens is 3. The highest BCUT2D eigenvalue weighted by molar-refractivity contribution is 7.99. The van der Waals surface area contributed by atoms with E-state index in [9.17, 15) is 5.11 Å². The van der Waals surface area contributed by atoms with Crippen LogP contribution in [0.1, 0.15) is 18.6 Å². The number of hydrogen-bond acceptors (Lipinski definition) is 5. The van der Waals surface area contributed by atoms with Gasteiger partial charge in [0, 0.05) is 18.6 Å². The molecule has 0 spiro atoms. The van der Waals surface area contributed by atoms with E-state index in [1.165, 1.54) is 11.8 Å². The van der Waals surface area contributed by atoms with Crippen LogP contribution in [0, 0.1) is 0 Å². The lowest BCUT2D eigenvalue weighted by Crippen LogP contribution is -1.92. The maximum Gasteiger partial charge on any atom is 0.193 e. The Labute approximate surface area is 97.8 Å². The first-order chi connectivity index (χ1) is 7.75. The highest BCUT2D eigenvalue weighted by Crippen LogP contribution is 2.22. The molecule has 0 saturated heterocycles. The van der Waals surface area contributed by atoms with Crippen molar-refractivity contribution >= 4 is 11.8 Å². The van der Waals surface area contributed by atoms with Crippen LogP contribution in [-0.4, -0.2) is 20.1 Å². The maximum absolute atomic E-state index is 9.33. The number of rotatable bonds is 3. The average Bonchev–Trinajstić information content (AvgIpc) is 2.31. The van der Waals surface area contributed by atoms with E-state index < -0.39 is 6.10 Å². The lowest BCUT2D eigenvalue weighted by atomic mass is 10.2. The lowest BCUT2D eigenvalue weighted by molar-refractivity contribution is 0.198. The molecule has 82 valence electrons. The summed E-state index contributed by atoms with van der Waals surface area (Å²) in [6, 6.07) is 5.47. The van der Waals surface area contributed by atoms with E-state index in [1.54, 1.807) is 31.6 Å². The molecule has 0 aliphatic carbocycles. The molecule has 2 rings (SSSR count). The zero-order chi connectivity index (χ0) is 11.4. The van der Waals surface area contributed by atoms with Gasteiger partial charge in [-0.05, 0) is 36.4 Å². The Balaban J connectivity index is 2.11. The predicted octanol–water partition coefficient (Wildman–Crippen LogP) is 2.08. The van der Waals surface area contributed by atoms with Crippen LogP contribution >= 0.6 is 11.8 Å². The Morgan fingerprint density at radius 1 is 1.19 bits per heavy atom. The van der Waals surface area contributed by atoms with Gasteiger partial charge < -0.3 is 5.11 Å². The number of hydrogen-bond donors (Lipinski definition) is 1. The molecule has 16 heavy (non-hydrogen) atoms. The van der Waals surface area contributed by atoms with E-state index >= 15 is 0 Å². The van der Waals surface area contributed by atoms with E-state index in [2.05, 4.69) is 15.0 Å². The number of aliphatic hydroxyl groups excluding tert-OH is 1. The van der Waals surface area contributed by atoms with Crippen molar-refractivity contribution in [2.45, 2.75) is 23.2 Å². The van der Waals surface area contributed by atoms with Gasteiger partial charge in [-0.2, -0.15) is 0 Å². The van der Waals surface area contributed by atoms with Gasteiger partial charge in [0.25, 0.3) is 0 Å². The van der Waals surface area contributed by atoms with E-state index in [-0.39, 0.29) is 0 Å². The molecule has 0 aliphatic heterocycles. The molecule has 0 unspecified atom stereocenters. The average molecular weight is 233 g/mol. The van der Waals surface area contributed by atoms with Crippen LogP contribution in [-0.2, 0) is 0 Å². The Morgan fingerprint density at radius 3 is 2.50 bits per heavy atom. The molecule has 0 aromatic carbocycles. The summed E-state index contributed by atoms with van der Waals surface area (Å²) in [5.74, 6) is 0. The molecule has 0 radical (unpaired) electrons. The molecule has 2 aromatic rings. The van der Waals surface area contributed by atoms with Crippen LogP contribution in [0.3, 0.4) is 0 Å². The first-order valence-electron chi connectivity index (χ1n) is 4.84. The van der Waals surface area contributed by atoms with Crippen molar-refractivity contribution < 1.29 is 5.11 Å². The monoisotopic (exact) mass is 233 g/mol. The third kappa shape index (κ3) is 2.77. The van der Waals surface area contributed by atoms with Crippen molar-refractivity contribution in [2.75, 3.05) is 0 Å². The smallest absolute Gasteiger partial charge is 0.193 e. The molecular formula is C11H11N3OS. The van der Waals surface area contributed by atoms with Gasteiger partial charge in [0.05, 0.1) is 6.10 Å². The highest BCUT2D eigenvalue weighted by atomic mass is 32.2. The standard InChI is InChI=1S/C11H11N3OS/c1-8(15)9-3-4-10(14-7-9)16-11-12-5-2-6-13-11/h2-8,15H,1H3/t8-/m1/s1. The van der Waals surface area contributed by atoms with Crippen molar-refractivity contribution in [1.29, 1.82) is 0 Å². The molecule has 4 nitrogen and oxygen atoms in total. The molecule has 1 N–H and O–H groups in total. The molecular weight excluding hydrogens is 222 g/mol.